The number of anilines is 1. The van der Waals surface area contributed by atoms with Gasteiger partial charge >= 0.3 is 5.97 Å². The molecule has 0 radical (unpaired) electrons. The van der Waals surface area contributed by atoms with Crippen LogP contribution in [-0.4, -0.2) is 49.6 Å². The minimum absolute atomic E-state index is 0.159. The molecule has 0 aliphatic carbocycles. The van der Waals surface area contributed by atoms with Gasteiger partial charge in [0.1, 0.15) is 5.00 Å². The zero-order valence-electron chi connectivity index (χ0n) is 13.4. The Morgan fingerprint density at radius 2 is 2.00 bits per heavy atom. The third kappa shape index (κ3) is 4.17. The van der Waals surface area contributed by atoms with Crippen LogP contribution in [0.1, 0.15) is 38.9 Å². The lowest BCUT2D eigenvalue weighted by atomic mass is 10.1. The van der Waals surface area contributed by atoms with Crippen LogP contribution in [0.4, 0.5) is 5.00 Å². The van der Waals surface area contributed by atoms with E-state index in [1.54, 1.807) is 21.0 Å². The molecule has 0 saturated heterocycles. The average Bonchev–Trinajstić information content (AvgIpc) is 2.79. The Morgan fingerprint density at radius 1 is 1.36 bits per heavy atom. The van der Waals surface area contributed by atoms with Crippen LogP contribution in [0.2, 0.25) is 0 Å². The quantitative estimate of drug-likeness (QED) is 0.631. The highest BCUT2D eigenvalue weighted by molar-refractivity contribution is 7.80. The summed E-state index contributed by atoms with van der Waals surface area (Å²) in [7, 11) is 4.64. The highest BCUT2D eigenvalue weighted by atomic mass is 32.1. The van der Waals surface area contributed by atoms with Gasteiger partial charge in [-0.15, -0.1) is 11.3 Å². The van der Waals surface area contributed by atoms with E-state index in [0.717, 1.165) is 13.0 Å². The molecule has 122 valence electrons. The summed E-state index contributed by atoms with van der Waals surface area (Å²) in [6.07, 6.45) is 0.930. The van der Waals surface area contributed by atoms with Gasteiger partial charge in [0, 0.05) is 20.6 Å². The van der Waals surface area contributed by atoms with Gasteiger partial charge in [-0.25, -0.2) is 4.79 Å². The van der Waals surface area contributed by atoms with E-state index in [9.17, 15) is 9.59 Å². The number of rotatable bonds is 5. The maximum Gasteiger partial charge on any atom is 0.341 e. The number of carbonyl (C=O) groups is 2. The highest BCUT2D eigenvalue weighted by Gasteiger charge is 2.26. The van der Waals surface area contributed by atoms with Gasteiger partial charge < -0.3 is 20.3 Å². The smallest absolute Gasteiger partial charge is 0.341 e. The first-order valence-electron chi connectivity index (χ1n) is 6.81. The van der Waals surface area contributed by atoms with Crippen molar-refractivity contribution in [3.05, 3.63) is 16.0 Å². The molecule has 1 heterocycles. The molecule has 1 aromatic heterocycles. The van der Waals surface area contributed by atoms with Crippen LogP contribution in [0, 0.1) is 6.92 Å². The van der Waals surface area contributed by atoms with Gasteiger partial charge in [-0.3, -0.25) is 4.79 Å². The van der Waals surface area contributed by atoms with Crippen molar-refractivity contribution in [2.45, 2.75) is 20.3 Å². The largest absolute Gasteiger partial charge is 0.465 e. The number of amides is 1. The van der Waals surface area contributed by atoms with Crippen molar-refractivity contribution >= 4 is 45.5 Å². The Morgan fingerprint density at radius 3 is 2.50 bits per heavy atom. The molecule has 1 rings (SSSR count). The Bertz CT molecular complexity index is 582. The minimum Gasteiger partial charge on any atom is -0.465 e. The molecule has 8 heteroatoms. The molecule has 0 saturated carbocycles. The number of hydrogen-bond donors (Lipinski definition) is 2. The van der Waals surface area contributed by atoms with Gasteiger partial charge in [-0.1, -0.05) is 6.92 Å². The van der Waals surface area contributed by atoms with Crippen LogP contribution in [0.25, 0.3) is 0 Å². The molecule has 0 spiro atoms. The van der Waals surface area contributed by atoms with Gasteiger partial charge in [0.15, 0.2) is 5.11 Å². The number of thiocarbonyl (C=S) groups is 1. The van der Waals surface area contributed by atoms with E-state index >= 15 is 0 Å². The minimum atomic E-state index is -0.493. The first-order valence-corrected chi connectivity index (χ1v) is 8.04. The number of nitrogens with one attached hydrogen (secondary N) is 2. The van der Waals surface area contributed by atoms with Crippen LogP contribution >= 0.6 is 23.6 Å². The summed E-state index contributed by atoms with van der Waals surface area (Å²) in [5.41, 5.74) is 0.940. The monoisotopic (exact) mass is 343 g/mol. The van der Waals surface area contributed by atoms with Crippen LogP contribution in [0.5, 0.6) is 0 Å². The number of hydrogen-bond acceptors (Lipinski definition) is 5. The van der Waals surface area contributed by atoms with Crippen LogP contribution in [0.3, 0.4) is 0 Å². The van der Waals surface area contributed by atoms with Crippen molar-refractivity contribution in [3.8, 4) is 0 Å². The van der Waals surface area contributed by atoms with E-state index in [2.05, 4.69) is 10.6 Å². The summed E-state index contributed by atoms with van der Waals surface area (Å²) >= 11 is 6.39. The summed E-state index contributed by atoms with van der Waals surface area (Å²) in [6.45, 7) is 4.49. The molecule has 0 atom stereocenters. The molecular weight excluding hydrogens is 322 g/mol. The third-order valence-electron chi connectivity index (χ3n) is 2.90. The maximum atomic E-state index is 12.2. The summed E-state index contributed by atoms with van der Waals surface area (Å²) in [5.74, 6) is -0.652. The predicted molar refractivity (Wildman–Crippen MR) is 92.9 cm³/mol. The fourth-order valence-electron chi connectivity index (χ4n) is 1.74. The second-order valence-electron chi connectivity index (χ2n) is 4.83. The number of nitrogens with zero attached hydrogens (tertiary/aromatic N) is 1. The zero-order chi connectivity index (χ0) is 16.9. The molecule has 6 nitrogen and oxygen atoms in total. The van der Waals surface area contributed by atoms with E-state index in [0.29, 0.717) is 26.1 Å². The molecule has 0 bridgehead atoms. The van der Waals surface area contributed by atoms with Crippen molar-refractivity contribution in [1.29, 1.82) is 0 Å². The van der Waals surface area contributed by atoms with E-state index in [-0.39, 0.29) is 5.91 Å². The molecule has 0 unspecified atom stereocenters. The maximum absolute atomic E-state index is 12.2. The lowest BCUT2D eigenvalue weighted by molar-refractivity contribution is 0.0601. The number of methoxy groups -OCH3 is 1. The van der Waals surface area contributed by atoms with Crippen molar-refractivity contribution in [2.24, 2.45) is 0 Å². The molecule has 1 aromatic rings. The van der Waals surface area contributed by atoms with Crippen molar-refractivity contribution in [2.75, 3.05) is 33.1 Å². The lowest BCUT2D eigenvalue weighted by Crippen LogP contribution is -2.29. The van der Waals surface area contributed by atoms with E-state index in [4.69, 9.17) is 17.0 Å². The van der Waals surface area contributed by atoms with Gasteiger partial charge in [-0.2, -0.15) is 0 Å². The van der Waals surface area contributed by atoms with E-state index in [1.165, 1.54) is 23.3 Å². The summed E-state index contributed by atoms with van der Waals surface area (Å²) < 4.78 is 4.81. The van der Waals surface area contributed by atoms with Gasteiger partial charge in [0.25, 0.3) is 5.91 Å². The zero-order valence-corrected chi connectivity index (χ0v) is 15.0. The number of esters is 1. The Kier molecular flexibility index (Phi) is 6.76. The van der Waals surface area contributed by atoms with Crippen LogP contribution < -0.4 is 10.6 Å². The molecule has 22 heavy (non-hydrogen) atoms. The van der Waals surface area contributed by atoms with Crippen molar-refractivity contribution in [3.63, 3.8) is 0 Å². The fourth-order valence-corrected chi connectivity index (χ4v) is 3.23. The summed E-state index contributed by atoms with van der Waals surface area (Å²) in [4.78, 5) is 26.2. The SMILES string of the molecule is CCCNC(=S)Nc1sc(C(=O)N(C)C)c(C)c1C(=O)OC. The van der Waals surface area contributed by atoms with Gasteiger partial charge in [-0.05, 0) is 31.1 Å². The van der Waals surface area contributed by atoms with Crippen LogP contribution in [-0.2, 0) is 4.74 Å². The summed E-state index contributed by atoms with van der Waals surface area (Å²) in [5, 5.41) is 6.94. The fraction of sp³-hybridized carbons (Fsp3) is 0.500. The normalized spacial score (nSPS) is 10.0. The molecule has 0 aliphatic rings. The Balaban J connectivity index is 3.19. The lowest BCUT2D eigenvalue weighted by Gasteiger charge is -2.09. The highest BCUT2D eigenvalue weighted by Crippen LogP contribution is 2.34. The second-order valence-corrected chi connectivity index (χ2v) is 6.26. The first-order chi connectivity index (χ1) is 10.3. The van der Waals surface area contributed by atoms with Crippen molar-refractivity contribution in [1.82, 2.24) is 10.2 Å². The number of carbonyl (C=O) groups excluding carboxylic acids is 2. The molecular formula is C14H21N3O3S2. The molecule has 0 aromatic carbocycles. The Labute approximate surface area is 139 Å². The second kappa shape index (κ2) is 8.09. The van der Waals surface area contributed by atoms with E-state index < -0.39 is 5.97 Å². The number of ether oxygens (including phenoxy) is 1. The predicted octanol–water partition coefficient (Wildman–Crippen LogP) is 2.24. The molecule has 2 N–H and O–H groups in total. The van der Waals surface area contributed by atoms with Gasteiger partial charge in [0.05, 0.1) is 17.6 Å². The molecule has 0 aliphatic heterocycles. The topological polar surface area (TPSA) is 70.7 Å². The first kappa shape index (κ1) is 18.4. The standard InChI is InChI=1S/C14H21N3O3S2/c1-6-7-15-14(21)16-11-9(13(19)20-5)8(2)10(22-11)12(18)17(3)4/h6-7H2,1-5H3,(H2,15,16,21). The molecule has 1 amide bonds. The summed E-state index contributed by atoms with van der Waals surface area (Å²) in [6, 6.07) is 0. The van der Waals surface area contributed by atoms with Crippen molar-refractivity contribution < 1.29 is 14.3 Å². The average molecular weight is 343 g/mol. The Hall–Kier alpha value is -1.67. The van der Waals surface area contributed by atoms with Crippen LogP contribution in [0.15, 0.2) is 0 Å². The van der Waals surface area contributed by atoms with Gasteiger partial charge in [0.2, 0.25) is 0 Å². The third-order valence-corrected chi connectivity index (χ3v) is 4.34. The molecule has 0 fully saturated rings. The number of thiophene rings is 1. The van der Waals surface area contributed by atoms with E-state index in [1.807, 2.05) is 6.92 Å².